The van der Waals surface area contributed by atoms with Crippen LogP contribution in [0.1, 0.15) is 33.6 Å². The summed E-state index contributed by atoms with van der Waals surface area (Å²) < 4.78 is 0. The second-order valence-corrected chi connectivity index (χ2v) is 6.29. The van der Waals surface area contributed by atoms with Crippen molar-refractivity contribution in [2.75, 3.05) is 32.7 Å². The Kier molecular flexibility index (Phi) is 4.26. The summed E-state index contributed by atoms with van der Waals surface area (Å²) in [5.74, 6) is 0. The van der Waals surface area contributed by atoms with Crippen LogP contribution in [0.5, 0.6) is 0 Å². The van der Waals surface area contributed by atoms with Crippen LogP contribution in [0.25, 0.3) is 0 Å². The van der Waals surface area contributed by atoms with Gasteiger partial charge in [-0.15, -0.1) is 0 Å². The molecule has 2 fully saturated rings. The van der Waals surface area contributed by atoms with Crippen LogP contribution in [0.3, 0.4) is 0 Å². The van der Waals surface area contributed by atoms with Gasteiger partial charge in [-0.2, -0.15) is 5.26 Å². The summed E-state index contributed by atoms with van der Waals surface area (Å²) in [6, 6.07) is 3.66. The van der Waals surface area contributed by atoms with E-state index in [1.54, 1.807) is 0 Å². The van der Waals surface area contributed by atoms with Gasteiger partial charge in [0.15, 0.2) is 0 Å². The average Bonchev–Trinajstić information content (AvgIpc) is 3.13. The van der Waals surface area contributed by atoms with Crippen molar-refractivity contribution < 1.29 is 0 Å². The van der Waals surface area contributed by atoms with E-state index in [0.717, 1.165) is 25.7 Å². The molecule has 2 rings (SSSR count). The fraction of sp³-hybridized carbons (Fsp3) is 0.929. The van der Waals surface area contributed by atoms with Gasteiger partial charge in [0.05, 0.1) is 6.07 Å². The lowest BCUT2D eigenvalue weighted by Crippen LogP contribution is -2.56. The van der Waals surface area contributed by atoms with Gasteiger partial charge in [0.25, 0.3) is 0 Å². The van der Waals surface area contributed by atoms with Crippen LogP contribution >= 0.6 is 0 Å². The van der Waals surface area contributed by atoms with E-state index in [1.165, 1.54) is 25.9 Å². The highest BCUT2D eigenvalue weighted by atomic mass is 15.3. The zero-order valence-corrected chi connectivity index (χ0v) is 11.9. The van der Waals surface area contributed by atoms with E-state index in [4.69, 9.17) is 0 Å². The van der Waals surface area contributed by atoms with Crippen molar-refractivity contribution in [1.29, 1.82) is 5.26 Å². The van der Waals surface area contributed by atoms with E-state index in [2.05, 4.69) is 35.0 Å². The Morgan fingerprint density at radius 2 is 1.89 bits per heavy atom. The number of nitrogens with one attached hydrogen (secondary N) is 1. The van der Waals surface area contributed by atoms with E-state index in [1.807, 2.05) is 6.92 Å². The van der Waals surface area contributed by atoms with Crippen molar-refractivity contribution in [2.45, 2.75) is 51.2 Å². The maximum atomic E-state index is 9.37. The van der Waals surface area contributed by atoms with Crippen molar-refractivity contribution in [3.63, 3.8) is 0 Å². The standard InChI is InChI=1S/C14H26N4/c1-12(2)16-14(3,10-15)11-17-6-8-18(9-7-17)13-4-5-13/h12-13,16H,4-9,11H2,1-3H3. The Morgan fingerprint density at radius 3 is 2.33 bits per heavy atom. The number of rotatable bonds is 5. The zero-order valence-electron chi connectivity index (χ0n) is 11.9. The molecule has 1 aliphatic heterocycles. The highest BCUT2D eigenvalue weighted by molar-refractivity contribution is 5.07. The molecule has 1 unspecified atom stereocenters. The second-order valence-electron chi connectivity index (χ2n) is 6.29. The number of hydrogen-bond acceptors (Lipinski definition) is 4. The first kappa shape index (κ1) is 13.8. The van der Waals surface area contributed by atoms with Gasteiger partial charge in [-0.1, -0.05) is 0 Å². The Morgan fingerprint density at radius 1 is 1.28 bits per heavy atom. The Balaban J connectivity index is 1.80. The summed E-state index contributed by atoms with van der Waals surface area (Å²) in [5, 5.41) is 12.7. The summed E-state index contributed by atoms with van der Waals surface area (Å²) in [7, 11) is 0. The van der Waals surface area contributed by atoms with Gasteiger partial charge in [-0.25, -0.2) is 0 Å². The molecule has 18 heavy (non-hydrogen) atoms. The van der Waals surface area contributed by atoms with Crippen LogP contribution in [-0.4, -0.2) is 60.1 Å². The minimum absolute atomic E-state index is 0.349. The molecule has 0 aromatic rings. The summed E-state index contributed by atoms with van der Waals surface area (Å²) in [6.45, 7) is 11.6. The highest BCUT2D eigenvalue weighted by Crippen LogP contribution is 2.27. The second kappa shape index (κ2) is 5.56. The molecule has 1 heterocycles. The first-order valence-corrected chi connectivity index (χ1v) is 7.18. The number of piperazine rings is 1. The monoisotopic (exact) mass is 250 g/mol. The zero-order chi connectivity index (χ0) is 13.2. The van der Waals surface area contributed by atoms with E-state index in [0.29, 0.717) is 6.04 Å². The molecule has 4 nitrogen and oxygen atoms in total. The molecule has 1 aliphatic carbocycles. The van der Waals surface area contributed by atoms with Crippen LogP contribution in [0.15, 0.2) is 0 Å². The lowest BCUT2D eigenvalue weighted by atomic mass is 10.0. The van der Waals surface area contributed by atoms with E-state index in [9.17, 15) is 5.26 Å². The molecule has 1 atom stereocenters. The molecule has 1 N–H and O–H groups in total. The Labute approximate surface area is 111 Å². The van der Waals surface area contributed by atoms with Crippen molar-refractivity contribution in [1.82, 2.24) is 15.1 Å². The molecule has 0 aromatic carbocycles. The van der Waals surface area contributed by atoms with Crippen LogP contribution < -0.4 is 5.32 Å². The molecule has 1 saturated heterocycles. The van der Waals surface area contributed by atoms with E-state index < -0.39 is 5.54 Å². The number of nitriles is 1. The lowest BCUT2D eigenvalue weighted by molar-refractivity contribution is 0.109. The van der Waals surface area contributed by atoms with Gasteiger partial charge in [0.1, 0.15) is 5.54 Å². The topological polar surface area (TPSA) is 42.3 Å². The summed E-state index contributed by atoms with van der Waals surface area (Å²) in [4.78, 5) is 5.04. The predicted octanol–water partition coefficient (Wildman–Crippen LogP) is 1.05. The van der Waals surface area contributed by atoms with Crippen molar-refractivity contribution in [3.05, 3.63) is 0 Å². The molecular formula is C14H26N4. The summed E-state index contributed by atoms with van der Waals surface area (Å²) in [6.07, 6.45) is 2.79. The first-order valence-electron chi connectivity index (χ1n) is 7.18. The molecular weight excluding hydrogens is 224 g/mol. The fourth-order valence-corrected chi connectivity index (χ4v) is 2.92. The van der Waals surface area contributed by atoms with Gasteiger partial charge in [0.2, 0.25) is 0 Å². The van der Waals surface area contributed by atoms with Crippen molar-refractivity contribution in [3.8, 4) is 6.07 Å². The molecule has 0 amide bonds. The van der Waals surface area contributed by atoms with Gasteiger partial charge in [-0.3, -0.25) is 15.1 Å². The molecule has 0 bridgehead atoms. The van der Waals surface area contributed by atoms with E-state index >= 15 is 0 Å². The average molecular weight is 250 g/mol. The molecule has 102 valence electrons. The van der Waals surface area contributed by atoms with Crippen LogP contribution in [0.2, 0.25) is 0 Å². The minimum Gasteiger partial charge on any atom is -0.298 e. The minimum atomic E-state index is -0.421. The molecule has 0 spiro atoms. The summed E-state index contributed by atoms with van der Waals surface area (Å²) in [5.41, 5.74) is -0.421. The fourth-order valence-electron chi connectivity index (χ4n) is 2.92. The van der Waals surface area contributed by atoms with Crippen LogP contribution in [0, 0.1) is 11.3 Å². The quantitative estimate of drug-likeness (QED) is 0.792. The maximum absolute atomic E-state index is 9.37. The number of hydrogen-bond donors (Lipinski definition) is 1. The Hall–Kier alpha value is -0.630. The van der Waals surface area contributed by atoms with Crippen LogP contribution in [-0.2, 0) is 0 Å². The molecule has 1 saturated carbocycles. The smallest absolute Gasteiger partial charge is 0.116 e. The van der Waals surface area contributed by atoms with E-state index in [-0.39, 0.29) is 0 Å². The normalized spacial score (nSPS) is 25.9. The largest absolute Gasteiger partial charge is 0.298 e. The van der Waals surface area contributed by atoms with Gasteiger partial charge >= 0.3 is 0 Å². The van der Waals surface area contributed by atoms with Crippen LogP contribution in [0.4, 0.5) is 0 Å². The lowest BCUT2D eigenvalue weighted by Gasteiger charge is -2.38. The third-order valence-electron chi connectivity index (χ3n) is 3.86. The number of nitrogens with zero attached hydrogens (tertiary/aromatic N) is 3. The SMILES string of the molecule is CC(C)NC(C)(C#N)CN1CCN(C2CC2)CC1. The summed E-state index contributed by atoms with van der Waals surface area (Å²) >= 11 is 0. The first-order chi connectivity index (χ1) is 8.52. The maximum Gasteiger partial charge on any atom is 0.116 e. The van der Waals surface area contributed by atoms with Gasteiger partial charge < -0.3 is 0 Å². The van der Waals surface area contributed by atoms with Crippen molar-refractivity contribution >= 4 is 0 Å². The molecule has 4 heteroatoms. The van der Waals surface area contributed by atoms with Crippen molar-refractivity contribution in [2.24, 2.45) is 0 Å². The molecule has 0 radical (unpaired) electrons. The molecule has 2 aliphatic rings. The molecule has 0 aromatic heterocycles. The third-order valence-corrected chi connectivity index (χ3v) is 3.86. The third kappa shape index (κ3) is 3.68. The van der Waals surface area contributed by atoms with Gasteiger partial charge in [0, 0.05) is 44.8 Å². The highest BCUT2D eigenvalue weighted by Gasteiger charge is 2.33. The van der Waals surface area contributed by atoms with Gasteiger partial charge in [-0.05, 0) is 33.6 Å². The predicted molar refractivity (Wildman–Crippen MR) is 73.3 cm³/mol. The Bertz CT molecular complexity index is 310.